The lowest BCUT2D eigenvalue weighted by atomic mass is 10.2. The molecule has 12 nitrogen and oxygen atoms in total. The minimum Gasteiger partial charge on any atom is -0.467 e. The third-order valence-electron chi connectivity index (χ3n) is 3.81. The van der Waals surface area contributed by atoms with Gasteiger partial charge < -0.3 is 27.8 Å². The van der Waals surface area contributed by atoms with Gasteiger partial charge in [-0.1, -0.05) is 23.8 Å². The quantitative estimate of drug-likeness (QED) is 0.222. The Bertz CT molecular complexity index is 991. The lowest BCUT2D eigenvalue weighted by Crippen LogP contribution is -2.27. The maximum atomic E-state index is 12.0. The van der Waals surface area contributed by atoms with Crippen LogP contribution < -0.4 is 5.32 Å². The Morgan fingerprint density at radius 1 is 1.21 bits per heavy atom. The summed E-state index contributed by atoms with van der Waals surface area (Å²) in [7, 11) is 2.52. The minimum absolute atomic E-state index is 0.00998. The van der Waals surface area contributed by atoms with E-state index in [1.807, 2.05) is 0 Å². The van der Waals surface area contributed by atoms with Gasteiger partial charge in [-0.05, 0) is 20.8 Å². The van der Waals surface area contributed by atoms with E-state index in [9.17, 15) is 9.59 Å². The van der Waals surface area contributed by atoms with Gasteiger partial charge in [-0.2, -0.15) is 9.97 Å². The number of allylic oxidation sites excluding steroid dienone is 1. The van der Waals surface area contributed by atoms with E-state index in [4.69, 9.17) is 34.9 Å². The van der Waals surface area contributed by atoms with Crippen LogP contribution >= 0.6 is 20.0 Å². The highest BCUT2D eigenvalue weighted by Gasteiger charge is 2.31. The number of ether oxygens (including phenoxy) is 3. The molecule has 0 fully saturated rings. The molecule has 1 atom stereocenters. The first-order valence-electron chi connectivity index (χ1n) is 9.69. The van der Waals surface area contributed by atoms with E-state index in [0.717, 1.165) is 0 Å². The van der Waals surface area contributed by atoms with Crippen molar-refractivity contribution in [1.82, 2.24) is 19.5 Å². The number of halogens is 1. The number of amides is 1. The van der Waals surface area contributed by atoms with E-state index in [1.54, 1.807) is 43.8 Å². The number of hydrogen-bond acceptors (Lipinski definition) is 10. The van der Waals surface area contributed by atoms with Gasteiger partial charge in [0.15, 0.2) is 10.8 Å². The summed E-state index contributed by atoms with van der Waals surface area (Å²) in [5.74, 6) is -1.58. The molecule has 0 aliphatic rings. The van der Waals surface area contributed by atoms with Crippen LogP contribution in [0.1, 0.15) is 20.8 Å². The van der Waals surface area contributed by atoms with Gasteiger partial charge in [0.05, 0.1) is 20.0 Å². The van der Waals surface area contributed by atoms with Crippen LogP contribution in [0.25, 0.3) is 11.2 Å². The van der Waals surface area contributed by atoms with Crippen molar-refractivity contribution < 1.29 is 32.8 Å². The molecule has 0 saturated heterocycles. The molecule has 1 N–H and O–H groups in total. The zero-order valence-corrected chi connectivity index (χ0v) is 20.8. The van der Waals surface area contributed by atoms with Crippen molar-refractivity contribution in [1.29, 1.82) is 0 Å². The smallest absolute Gasteiger partial charge is 0.414 e. The number of carbonyl (C=O) groups excluding carboxylic acids is 2. The predicted molar refractivity (Wildman–Crippen MR) is 122 cm³/mol. The van der Waals surface area contributed by atoms with Crippen LogP contribution in [-0.4, -0.2) is 71.0 Å². The number of rotatable bonds is 10. The number of carbonyl (C=O) groups is 2. The van der Waals surface area contributed by atoms with E-state index in [-0.39, 0.29) is 17.7 Å². The number of methoxy groups -OCH3 is 1. The van der Waals surface area contributed by atoms with Crippen molar-refractivity contribution >= 4 is 49.2 Å². The summed E-state index contributed by atoms with van der Waals surface area (Å²) in [5, 5.41) is 2.55. The molecule has 0 aliphatic heterocycles. The molecule has 0 aromatic carbocycles. The fourth-order valence-electron chi connectivity index (χ4n) is 2.48. The summed E-state index contributed by atoms with van der Waals surface area (Å²) in [6, 6.07) is 0. The molecule has 2 aromatic heterocycles. The Morgan fingerprint density at radius 2 is 1.91 bits per heavy atom. The maximum Gasteiger partial charge on any atom is 0.414 e. The third kappa shape index (κ3) is 7.86. The largest absolute Gasteiger partial charge is 0.467 e. The molecule has 0 radical (unpaired) electrons. The van der Waals surface area contributed by atoms with Crippen LogP contribution in [-0.2, 0) is 34.6 Å². The molecule has 1 unspecified atom stereocenters. The molecular weight excluding hydrogens is 477 g/mol. The SMILES string of the molecule is COC(=O)C(OC/C=C\Cn1cnc2c(Cl)nc(NC(=O)OC(C)(C)C)nc21)P(OC)OC. The first-order chi connectivity index (χ1) is 15.6. The summed E-state index contributed by atoms with van der Waals surface area (Å²) in [6.07, 6.45) is 4.34. The summed E-state index contributed by atoms with van der Waals surface area (Å²) < 4.78 is 27.5. The molecular formula is C19H27ClN5O7P. The summed E-state index contributed by atoms with van der Waals surface area (Å²) >= 11 is 6.19. The molecule has 0 aliphatic carbocycles. The van der Waals surface area contributed by atoms with Gasteiger partial charge in [0.1, 0.15) is 11.1 Å². The van der Waals surface area contributed by atoms with Crippen molar-refractivity contribution in [3.8, 4) is 0 Å². The molecule has 182 valence electrons. The molecule has 0 spiro atoms. The molecule has 2 heterocycles. The number of nitrogens with zero attached hydrogens (tertiary/aromatic N) is 4. The van der Waals surface area contributed by atoms with Crippen molar-refractivity contribution in [2.75, 3.05) is 33.3 Å². The number of anilines is 1. The normalized spacial score (nSPS) is 13.0. The van der Waals surface area contributed by atoms with Crippen molar-refractivity contribution in [2.45, 2.75) is 38.8 Å². The highest BCUT2D eigenvalue weighted by atomic mass is 35.5. The van der Waals surface area contributed by atoms with E-state index >= 15 is 0 Å². The lowest BCUT2D eigenvalue weighted by Gasteiger charge is -2.20. The van der Waals surface area contributed by atoms with Gasteiger partial charge in [0.25, 0.3) is 0 Å². The van der Waals surface area contributed by atoms with Gasteiger partial charge >= 0.3 is 12.1 Å². The predicted octanol–water partition coefficient (Wildman–Crippen LogP) is 3.50. The average Bonchev–Trinajstić information content (AvgIpc) is 3.14. The second-order valence-electron chi connectivity index (χ2n) is 7.36. The van der Waals surface area contributed by atoms with Crippen LogP contribution in [0.15, 0.2) is 18.5 Å². The maximum absolute atomic E-state index is 12.0. The minimum atomic E-state index is -1.59. The fraction of sp³-hybridized carbons (Fsp3) is 0.526. The molecule has 2 rings (SSSR count). The first kappa shape index (κ1) is 26.9. The van der Waals surface area contributed by atoms with E-state index < -0.39 is 31.9 Å². The van der Waals surface area contributed by atoms with Crippen LogP contribution in [0, 0.1) is 0 Å². The Labute approximate surface area is 197 Å². The fourth-order valence-corrected chi connectivity index (χ4v) is 3.71. The average molecular weight is 504 g/mol. The van der Waals surface area contributed by atoms with Crippen molar-refractivity contribution in [2.24, 2.45) is 0 Å². The van der Waals surface area contributed by atoms with Crippen LogP contribution in [0.3, 0.4) is 0 Å². The Hall–Kier alpha value is -2.37. The number of hydrogen-bond donors (Lipinski definition) is 1. The molecule has 0 saturated carbocycles. The molecule has 0 bridgehead atoms. The standard InChI is InChI=1S/C19H27ClN5O7P/c1-19(2,3)32-18(27)24-17-22-13(20)12-14(23-17)25(11-21-12)9-7-8-10-31-16(15(26)28-4)33(29-5)30-6/h7-8,11,16H,9-10H2,1-6H3,(H,22,23,24,27)/b8-7-. The van der Waals surface area contributed by atoms with Crippen molar-refractivity contribution in [3.05, 3.63) is 23.6 Å². The van der Waals surface area contributed by atoms with Crippen LogP contribution in [0.5, 0.6) is 0 Å². The number of nitrogens with one attached hydrogen (secondary N) is 1. The van der Waals surface area contributed by atoms with Gasteiger partial charge in [-0.3, -0.25) is 5.32 Å². The first-order valence-corrected chi connectivity index (χ1v) is 11.3. The molecule has 2 aromatic rings. The zero-order chi connectivity index (χ0) is 24.6. The number of aromatic nitrogens is 4. The van der Waals surface area contributed by atoms with Gasteiger partial charge in [0.2, 0.25) is 20.2 Å². The highest BCUT2D eigenvalue weighted by Crippen LogP contribution is 2.43. The molecule has 1 amide bonds. The van der Waals surface area contributed by atoms with E-state index in [1.165, 1.54) is 21.3 Å². The molecule has 33 heavy (non-hydrogen) atoms. The summed E-state index contributed by atoms with van der Waals surface area (Å²) in [4.78, 5) is 36.4. The lowest BCUT2D eigenvalue weighted by molar-refractivity contribution is -0.148. The monoisotopic (exact) mass is 503 g/mol. The number of imidazole rings is 1. The van der Waals surface area contributed by atoms with Crippen LogP contribution in [0.4, 0.5) is 10.7 Å². The highest BCUT2D eigenvalue weighted by molar-refractivity contribution is 7.49. The van der Waals surface area contributed by atoms with Gasteiger partial charge in [0, 0.05) is 20.8 Å². The third-order valence-corrected chi connectivity index (χ3v) is 5.53. The summed E-state index contributed by atoms with van der Waals surface area (Å²) in [5.41, 5.74) is 0.127. The second kappa shape index (κ2) is 12.2. The molecule has 14 heteroatoms. The van der Waals surface area contributed by atoms with Gasteiger partial charge in [-0.15, -0.1) is 0 Å². The van der Waals surface area contributed by atoms with Crippen molar-refractivity contribution in [3.63, 3.8) is 0 Å². The Morgan fingerprint density at radius 3 is 2.52 bits per heavy atom. The van der Waals surface area contributed by atoms with Crippen LogP contribution in [0.2, 0.25) is 5.15 Å². The van der Waals surface area contributed by atoms with E-state index in [0.29, 0.717) is 17.7 Å². The second-order valence-corrected chi connectivity index (χ2v) is 9.49. The Balaban J connectivity index is 2.06. The van der Waals surface area contributed by atoms with Gasteiger partial charge in [-0.25, -0.2) is 14.6 Å². The zero-order valence-electron chi connectivity index (χ0n) is 19.2. The number of esters is 1. The summed E-state index contributed by atoms with van der Waals surface area (Å²) in [6.45, 7) is 5.71. The Kier molecular flexibility index (Phi) is 9.93. The van der Waals surface area contributed by atoms with E-state index in [2.05, 4.69) is 20.3 Å². The topological polar surface area (TPSA) is 136 Å². The number of fused-ring (bicyclic) bond motifs is 1.